The number of esters is 1. The number of carbonyl (C=O) groups is 1. The van der Waals surface area contributed by atoms with Crippen LogP contribution in [0, 0.1) is 5.92 Å². The molecule has 0 aromatic rings. The van der Waals surface area contributed by atoms with E-state index in [1.54, 1.807) is 6.08 Å². The van der Waals surface area contributed by atoms with Gasteiger partial charge in [0.2, 0.25) is 0 Å². The van der Waals surface area contributed by atoms with Crippen LogP contribution in [0.25, 0.3) is 0 Å². The van der Waals surface area contributed by atoms with E-state index < -0.39 is 5.54 Å². The van der Waals surface area contributed by atoms with Gasteiger partial charge in [-0.15, -0.1) is 6.58 Å². The van der Waals surface area contributed by atoms with Gasteiger partial charge in [-0.25, -0.2) is 0 Å². The summed E-state index contributed by atoms with van der Waals surface area (Å²) in [6.07, 6.45) is 2.54. The number of rotatable bonds is 5. The fraction of sp³-hybridized carbons (Fsp3) is 0.750. The summed E-state index contributed by atoms with van der Waals surface area (Å²) in [5, 5.41) is 6.58. The van der Waals surface area contributed by atoms with Gasteiger partial charge in [0.05, 0.1) is 6.61 Å². The highest BCUT2D eigenvalue weighted by Gasteiger charge is 2.45. The van der Waals surface area contributed by atoms with Gasteiger partial charge in [0.1, 0.15) is 5.54 Å². The second kappa shape index (κ2) is 6.01. The van der Waals surface area contributed by atoms with E-state index in [2.05, 4.69) is 24.1 Å². The molecule has 2 unspecified atom stereocenters. The number of hydrogen-bond donors (Lipinski definition) is 2. The van der Waals surface area contributed by atoms with E-state index in [4.69, 9.17) is 4.74 Å². The van der Waals surface area contributed by atoms with Crippen LogP contribution >= 0.6 is 0 Å². The van der Waals surface area contributed by atoms with E-state index in [0.717, 1.165) is 19.5 Å². The summed E-state index contributed by atoms with van der Waals surface area (Å²) < 4.78 is 5.19. The average molecular weight is 226 g/mol. The van der Waals surface area contributed by atoms with Crippen LogP contribution in [0.15, 0.2) is 12.7 Å². The van der Waals surface area contributed by atoms with E-state index in [9.17, 15) is 4.79 Å². The molecule has 1 fully saturated rings. The Balaban J connectivity index is 2.80. The first-order valence-corrected chi connectivity index (χ1v) is 5.91. The lowest BCUT2D eigenvalue weighted by Crippen LogP contribution is -2.63. The minimum atomic E-state index is -0.546. The predicted octanol–water partition coefficient (Wildman–Crippen LogP) is 0.693. The highest BCUT2D eigenvalue weighted by atomic mass is 16.5. The Labute approximate surface area is 97.4 Å². The van der Waals surface area contributed by atoms with Crippen LogP contribution in [-0.2, 0) is 9.53 Å². The number of piperidine rings is 1. The zero-order valence-electron chi connectivity index (χ0n) is 10.2. The molecule has 92 valence electrons. The summed E-state index contributed by atoms with van der Waals surface area (Å²) in [7, 11) is 0. The molecule has 1 rings (SSSR count). The first-order valence-electron chi connectivity index (χ1n) is 5.91. The van der Waals surface area contributed by atoms with Crippen molar-refractivity contribution < 1.29 is 9.53 Å². The van der Waals surface area contributed by atoms with Crippen molar-refractivity contribution in [3.05, 3.63) is 12.7 Å². The zero-order chi connectivity index (χ0) is 12.0. The van der Waals surface area contributed by atoms with Crippen LogP contribution in [-0.4, -0.2) is 37.7 Å². The Bertz CT molecular complexity index is 255. The summed E-state index contributed by atoms with van der Waals surface area (Å²) in [5.41, 5.74) is -0.546. The number of ether oxygens (including phenoxy) is 1. The average Bonchev–Trinajstić information content (AvgIpc) is 2.28. The van der Waals surface area contributed by atoms with Gasteiger partial charge in [0, 0.05) is 13.1 Å². The quantitative estimate of drug-likeness (QED) is 0.535. The molecule has 0 amide bonds. The van der Waals surface area contributed by atoms with E-state index in [1.165, 1.54) is 0 Å². The number of carbonyl (C=O) groups excluding carboxylic acids is 1. The molecule has 0 radical (unpaired) electrons. The Kier molecular flexibility index (Phi) is 4.96. The van der Waals surface area contributed by atoms with Crippen molar-refractivity contribution in [1.29, 1.82) is 0 Å². The molecule has 0 aromatic heterocycles. The second-order valence-electron chi connectivity index (χ2n) is 4.22. The molecule has 1 aliphatic heterocycles. The van der Waals surface area contributed by atoms with Crippen molar-refractivity contribution in [3.8, 4) is 0 Å². The monoisotopic (exact) mass is 226 g/mol. The Morgan fingerprint density at radius 2 is 2.50 bits per heavy atom. The lowest BCUT2D eigenvalue weighted by Gasteiger charge is -2.41. The van der Waals surface area contributed by atoms with Gasteiger partial charge in [-0.1, -0.05) is 13.0 Å². The molecule has 1 heterocycles. The molecule has 0 aromatic carbocycles. The maximum absolute atomic E-state index is 12.1. The molecule has 0 saturated carbocycles. The van der Waals surface area contributed by atoms with Gasteiger partial charge < -0.3 is 10.1 Å². The smallest absolute Gasteiger partial charge is 0.326 e. The Hall–Kier alpha value is -0.870. The predicted molar refractivity (Wildman–Crippen MR) is 64.2 cm³/mol. The van der Waals surface area contributed by atoms with Crippen LogP contribution in [0.4, 0.5) is 0 Å². The third-order valence-electron chi connectivity index (χ3n) is 3.19. The third kappa shape index (κ3) is 2.62. The van der Waals surface area contributed by atoms with Crippen LogP contribution in [0.2, 0.25) is 0 Å². The molecular formula is C12H22N2O2. The van der Waals surface area contributed by atoms with Crippen molar-refractivity contribution in [2.24, 2.45) is 5.92 Å². The maximum Gasteiger partial charge on any atom is 0.326 e. The first-order chi connectivity index (χ1) is 7.67. The van der Waals surface area contributed by atoms with Gasteiger partial charge in [-0.2, -0.15) is 0 Å². The molecule has 0 spiro atoms. The maximum atomic E-state index is 12.1. The highest BCUT2D eigenvalue weighted by Crippen LogP contribution is 2.25. The normalized spacial score (nSPS) is 29.8. The SMILES string of the molecule is C=CCNC1(C(=O)OCC)CCNCC1C. The largest absolute Gasteiger partial charge is 0.465 e. The fourth-order valence-electron chi connectivity index (χ4n) is 2.18. The topological polar surface area (TPSA) is 50.4 Å². The molecule has 1 saturated heterocycles. The Morgan fingerprint density at radius 1 is 1.75 bits per heavy atom. The molecule has 16 heavy (non-hydrogen) atoms. The summed E-state index contributed by atoms with van der Waals surface area (Å²) in [6.45, 7) is 10.3. The summed E-state index contributed by atoms with van der Waals surface area (Å²) in [6, 6.07) is 0. The molecule has 0 bridgehead atoms. The second-order valence-corrected chi connectivity index (χ2v) is 4.22. The molecule has 4 nitrogen and oxygen atoms in total. The molecule has 0 aliphatic carbocycles. The van der Waals surface area contributed by atoms with E-state index >= 15 is 0 Å². The van der Waals surface area contributed by atoms with E-state index in [1.807, 2.05) is 6.92 Å². The lowest BCUT2D eigenvalue weighted by molar-refractivity contribution is -0.154. The van der Waals surface area contributed by atoms with Gasteiger partial charge in [-0.05, 0) is 25.8 Å². The van der Waals surface area contributed by atoms with Gasteiger partial charge in [0.15, 0.2) is 0 Å². The van der Waals surface area contributed by atoms with Crippen molar-refractivity contribution >= 4 is 5.97 Å². The van der Waals surface area contributed by atoms with Crippen molar-refractivity contribution in [2.45, 2.75) is 25.8 Å². The molecule has 2 N–H and O–H groups in total. The summed E-state index contributed by atoms with van der Waals surface area (Å²) in [4.78, 5) is 12.1. The molecular weight excluding hydrogens is 204 g/mol. The fourth-order valence-corrected chi connectivity index (χ4v) is 2.18. The van der Waals surface area contributed by atoms with Crippen molar-refractivity contribution in [2.75, 3.05) is 26.2 Å². The number of nitrogens with one attached hydrogen (secondary N) is 2. The van der Waals surface area contributed by atoms with E-state index in [0.29, 0.717) is 13.2 Å². The highest BCUT2D eigenvalue weighted by molar-refractivity contribution is 5.81. The molecule has 1 aliphatic rings. The van der Waals surface area contributed by atoms with Crippen molar-refractivity contribution in [3.63, 3.8) is 0 Å². The van der Waals surface area contributed by atoms with Gasteiger partial charge in [-0.3, -0.25) is 10.1 Å². The third-order valence-corrected chi connectivity index (χ3v) is 3.19. The minimum Gasteiger partial charge on any atom is -0.465 e. The van der Waals surface area contributed by atoms with Gasteiger partial charge in [0.25, 0.3) is 0 Å². The minimum absolute atomic E-state index is 0.133. The van der Waals surface area contributed by atoms with Crippen LogP contribution in [0.3, 0.4) is 0 Å². The van der Waals surface area contributed by atoms with E-state index in [-0.39, 0.29) is 11.9 Å². The van der Waals surface area contributed by atoms with Crippen LogP contribution in [0.5, 0.6) is 0 Å². The van der Waals surface area contributed by atoms with Crippen LogP contribution < -0.4 is 10.6 Å². The van der Waals surface area contributed by atoms with Crippen molar-refractivity contribution in [1.82, 2.24) is 10.6 Å². The van der Waals surface area contributed by atoms with Gasteiger partial charge >= 0.3 is 5.97 Å². The number of hydrogen-bond acceptors (Lipinski definition) is 4. The standard InChI is InChI=1S/C12H22N2O2/c1-4-7-14-12(11(15)16-5-2)6-8-13-9-10(12)3/h4,10,13-14H,1,5-9H2,2-3H3. The first kappa shape index (κ1) is 13.2. The Morgan fingerprint density at radius 3 is 3.06 bits per heavy atom. The molecule has 2 atom stereocenters. The van der Waals surface area contributed by atoms with Crippen LogP contribution in [0.1, 0.15) is 20.3 Å². The zero-order valence-corrected chi connectivity index (χ0v) is 10.2. The lowest BCUT2D eigenvalue weighted by atomic mass is 9.79. The summed E-state index contributed by atoms with van der Waals surface area (Å²) in [5.74, 6) is 0.0890. The molecule has 4 heteroatoms. The summed E-state index contributed by atoms with van der Waals surface area (Å²) >= 11 is 0.